The number of fused-ring (bicyclic) bond motifs is 2. The van der Waals surface area contributed by atoms with E-state index in [4.69, 9.17) is 17.0 Å². The van der Waals surface area contributed by atoms with Crippen LogP contribution < -0.4 is 0 Å². The number of halogens is 2. The van der Waals surface area contributed by atoms with Crippen molar-refractivity contribution in [1.82, 2.24) is 0 Å². The predicted molar refractivity (Wildman–Crippen MR) is 268 cm³/mol. The van der Waals surface area contributed by atoms with Crippen LogP contribution in [0, 0.1) is 56.3 Å². The molecule has 0 aromatic heterocycles. The van der Waals surface area contributed by atoms with Gasteiger partial charge in [0.2, 0.25) is 0 Å². The van der Waals surface area contributed by atoms with Crippen LogP contribution in [0.25, 0.3) is 6.08 Å². The number of hydrogen-bond acceptors (Lipinski definition) is 0. The Morgan fingerprint density at radius 3 is 1.17 bits per heavy atom. The van der Waals surface area contributed by atoms with Gasteiger partial charge in [0, 0.05) is 0 Å². The van der Waals surface area contributed by atoms with E-state index in [1.807, 2.05) is 5.31 Å². The molecule has 1 aromatic rings. The van der Waals surface area contributed by atoms with Crippen LogP contribution in [0.3, 0.4) is 0 Å². The second-order valence-corrected chi connectivity index (χ2v) is 30.5. The number of hydrogen-bond donors (Lipinski definition) is 0. The van der Waals surface area contributed by atoms with Crippen molar-refractivity contribution in [3.63, 3.8) is 0 Å². The molecule has 0 N–H and O–H groups in total. The van der Waals surface area contributed by atoms with E-state index in [1.54, 1.807) is 108 Å². The first-order valence-electron chi connectivity index (χ1n) is 25.1. The Bertz CT molecular complexity index is 1220. The summed E-state index contributed by atoms with van der Waals surface area (Å²) in [5.41, 5.74) is 8.80. The third-order valence-electron chi connectivity index (χ3n) is 17.8. The average molecular weight is 965 g/mol. The van der Waals surface area contributed by atoms with Crippen LogP contribution in [0.2, 0.25) is 0 Å². The molecule has 0 amide bonds. The van der Waals surface area contributed by atoms with E-state index in [1.165, 1.54) is 93.2 Å². The van der Waals surface area contributed by atoms with Gasteiger partial charge in [-0.3, -0.25) is 0 Å². The minimum atomic E-state index is -0.826. The molecule has 0 heterocycles. The van der Waals surface area contributed by atoms with E-state index in [2.05, 4.69) is 65.0 Å². The fourth-order valence-corrected chi connectivity index (χ4v) is 22.7. The molecule has 59 heavy (non-hydrogen) atoms. The van der Waals surface area contributed by atoms with Gasteiger partial charge in [0.05, 0.1) is 0 Å². The fraction of sp³-hybridized carbons (Fsp3) is 0.815. The van der Waals surface area contributed by atoms with E-state index < -0.39 is 20.8 Å². The predicted octanol–water partition coefficient (Wildman–Crippen LogP) is 19.3. The molecule has 7 fully saturated rings. The zero-order chi connectivity index (χ0) is 40.1. The van der Waals surface area contributed by atoms with Crippen LogP contribution in [-0.4, -0.2) is 28.3 Å². The molecule has 0 nitrogen and oxygen atoms in total. The van der Waals surface area contributed by atoms with E-state index in [0.29, 0.717) is 7.92 Å². The first-order chi connectivity index (χ1) is 27.8. The first-order valence-corrected chi connectivity index (χ1v) is 34.5. The van der Waals surface area contributed by atoms with Crippen molar-refractivity contribution in [2.45, 2.75) is 236 Å². The molecule has 2 unspecified atom stereocenters. The number of benzene rings is 1. The zero-order valence-corrected chi connectivity index (χ0v) is 45.3. The molecule has 8 aliphatic rings. The monoisotopic (exact) mass is 963 g/mol. The van der Waals surface area contributed by atoms with Crippen LogP contribution in [0.15, 0.2) is 29.6 Å². The molecule has 7 saturated carbocycles. The Kier molecular flexibility index (Phi) is 24.8. The topological polar surface area (TPSA) is 0 Å². The third-order valence-corrected chi connectivity index (χ3v) is 25.3. The van der Waals surface area contributed by atoms with E-state index in [-0.39, 0.29) is 22.8 Å². The average Bonchev–Trinajstić information content (AvgIpc) is 3.93. The van der Waals surface area contributed by atoms with Crippen molar-refractivity contribution < 1.29 is 20.8 Å². The van der Waals surface area contributed by atoms with Crippen molar-refractivity contribution in [3.8, 4) is 0 Å². The van der Waals surface area contributed by atoms with Crippen molar-refractivity contribution in [1.29, 1.82) is 0 Å². The summed E-state index contributed by atoms with van der Waals surface area (Å²) in [6.07, 6.45) is 44.4. The van der Waals surface area contributed by atoms with Crippen LogP contribution in [0.5, 0.6) is 0 Å². The maximum atomic E-state index is 4.93. The fourth-order valence-electron chi connectivity index (χ4n) is 13.9. The minimum absolute atomic E-state index is 0. The molecule has 336 valence electrons. The van der Waals surface area contributed by atoms with Gasteiger partial charge in [0.1, 0.15) is 0 Å². The van der Waals surface area contributed by atoms with Crippen molar-refractivity contribution in [3.05, 3.63) is 55.6 Å². The molecule has 8 aliphatic carbocycles. The third kappa shape index (κ3) is 14.6. The molecule has 0 bridgehead atoms. The van der Waals surface area contributed by atoms with Gasteiger partial charge in [-0.2, -0.15) is 0 Å². The Labute approximate surface area is 390 Å². The Balaban J connectivity index is 0.000000197. The Hall–Kier alpha value is 1.28. The van der Waals surface area contributed by atoms with Gasteiger partial charge in [0.15, 0.2) is 0 Å². The Morgan fingerprint density at radius 2 is 0.797 bits per heavy atom. The number of allylic oxidation sites excluding steroid dienone is 1. The SMILES string of the molecule is C1=C(P(C2CCCCC2)C2CCCCC2)Cc2ccccc21.C1CCC(P(C2CCCCC2)C2CC3CCCCC3C2)CC1.CC1C(C)C(C)C(C)C1C.[CH3-].[CH3-].[Cl][Zr+2][Cl]. The molecule has 2 atom stereocenters. The Morgan fingerprint density at radius 1 is 0.458 bits per heavy atom. The van der Waals surface area contributed by atoms with Crippen molar-refractivity contribution in [2.24, 2.45) is 41.4 Å². The molecule has 0 spiro atoms. The number of rotatable bonds is 6. The van der Waals surface area contributed by atoms with Crippen LogP contribution in [0.1, 0.15) is 213 Å². The van der Waals surface area contributed by atoms with Gasteiger partial charge in [-0.1, -0.05) is 184 Å². The summed E-state index contributed by atoms with van der Waals surface area (Å²) in [5, 5.41) is 1.86. The van der Waals surface area contributed by atoms with Gasteiger partial charge in [-0.15, -0.1) is 0 Å². The van der Waals surface area contributed by atoms with Crippen LogP contribution in [-0.2, 0) is 27.3 Å². The molecule has 1 aromatic carbocycles. The molecular weight excluding hydrogens is 873 g/mol. The van der Waals surface area contributed by atoms with Crippen molar-refractivity contribution in [2.75, 3.05) is 0 Å². The summed E-state index contributed by atoms with van der Waals surface area (Å²) in [6.45, 7) is 12.0. The van der Waals surface area contributed by atoms with E-state index in [9.17, 15) is 0 Å². The van der Waals surface area contributed by atoms with Gasteiger partial charge >= 0.3 is 37.9 Å². The summed E-state index contributed by atoms with van der Waals surface area (Å²) in [4.78, 5) is 0. The zero-order valence-electron chi connectivity index (χ0n) is 39.6. The molecular formula is C54H92Cl2P2Zr. The molecule has 9 rings (SSSR count). The van der Waals surface area contributed by atoms with Gasteiger partial charge < -0.3 is 14.9 Å². The van der Waals surface area contributed by atoms with Crippen molar-refractivity contribution >= 4 is 38.9 Å². The summed E-state index contributed by atoms with van der Waals surface area (Å²) in [6, 6.07) is 9.12. The molecule has 0 aliphatic heterocycles. The second-order valence-electron chi connectivity index (χ2n) is 20.8. The summed E-state index contributed by atoms with van der Waals surface area (Å²) >= 11 is -0.826. The summed E-state index contributed by atoms with van der Waals surface area (Å²) < 4.78 is 0. The molecule has 0 saturated heterocycles. The first kappa shape index (κ1) is 52.9. The van der Waals surface area contributed by atoms with Gasteiger partial charge in [-0.25, -0.2) is 0 Å². The van der Waals surface area contributed by atoms with Crippen LogP contribution in [0.4, 0.5) is 0 Å². The van der Waals surface area contributed by atoms with E-state index >= 15 is 0 Å². The summed E-state index contributed by atoms with van der Waals surface area (Å²) in [7, 11) is 10.3. The van der Waals surface area contributed by atoms with E-state index in [0.717, 1.165) is 52.7 Å². The van der Waals surface area contributed by atoms with Gasteiger partial charge in [-0.05, 0) is 157 Å². The summed E-state index contributed by atoms with van der Waals surface area (Å²) in [5.74, 6) is 7.00. The standard InChI is InChI=1S/C21H37P.C21H29P.C10H20.2CH3.2ClH.Zr/c2*1-3-11-19(12-4-1)22(20-13-5-2-6-14-20)21-15-17-9-7-8-10-18(17)16-21;1-6-7(2)9(4)10(5)8(6)3;;;;;/h17-21H,1-16H2;7-10,15,19-20H,1-6,11-14,16H2;6-10H,1-5H3;2*1H3;2*1H;/q;;;2*-1;;;+4/p-2. The van der Waals surface area contributed by atoms with Gasteiger partial charge in [0.25, 0.3) is 0 Å². The normalized spacial score (nSPS) is 32.7. The second kappa shape index (κ2) is 27.7. The molecule has 5 heteroatoms. The molecule has 0 radical (unpaired) electrons. The maximum absolute atomic E-state index is 4.93. The quantitative estimate of drug-likeness (QED) is 0.197. The van der Waals surface area contributed by atoms with Crippen LogP contribution >= 0.6 is 32.9 Å².